The Kier molecular flexibility index (Phi) is 12.6. The van der Waals surface area contributed by atoms with Gasteiger partial charge in [0.2, 0.25) is 5.95 Å². The lowest BCUT2D eigenvalue weighted by Gasteiger charge is -2.54. The quantitative estimate of drug-likeness (QED) is 0.263. The van der Waals surface area contributed by atoms with Crippen LogP contribution in [0.25, 0.3) is 0 Å². The zero-order chi connectivity index (χ0) is 38.5. The molecule has 0 radical (unpaired) electrons. The maximum absolute atomic E-state index is 13.3. The fourth-order valence-electron chi connectivity index (χ4n) is 8.02. The Hall–Kier alpha value is -3.73. The molecule has 0 saturated carbocycles. The van der Waals surface area contributed by atoms with Crippen LogP contribution in [0.3, 0.4) is 0 Å². The van der Waals surface area contributed by atoms with E-state index in [2.05, 4.69) is 46.0 Å². The number of β-amino-alcohol motifs (C(OH)–C–C–N with tert-alkyl or cyclic N) is 2. The number of carbonyl (C=O) groups is 2. The Labute approximate surface area is 339 Å². The average molecular weight is 854 g/mol. The minimum atomic E-state index is -0.745. The van der Waals surface area contributed by atoms with Gasteiger partial charge in [-0.15, -0.1) is 0 Å². The Bertz CT molecular complexity index is 1920. The minimum absolute atomic E-state index is 0.0334. The number of hydrogen-bond donors (Lipinski definition) is 3. The summed E-state index contributed by atoms with van der Waals surface area (Å²) in [6.07, 6.45) is 5.99. The van der Waals surface area contributed by atoms with Crippen LogP contribution in [0, 0.1) is 0 Å². The molecule has 2 aromatic heterocycles. The Morgan fingerprint density at radius 3 is 2.00 bits per heavy atom. The highest BCUT2D eigenvalue weighted by molar-refractivity contribution is 9.10. The molecule has 4 saturated heterocycles. The number of aromatic nitrogens is 3. The first-order valence-corrected chi connectivity index (χ1v) is 20.0. The molecule has 0 aliphatic carbocycles. The summed E-state index contributed by atoms with van der Waals surface area (Å²) in [6.45, 7) is 6.78. The number of carbonyl (C=O) groups excluding carboxylic acids is 2. The molecule has 6 heterocycles. The van der Waals surface area contributed by atoms with Gasteiger partial charge in [0.15, 0.2) is 0 Å². The van der Waals surface area contributed by atoms with E-state index in [0.29, 0.717) is 99.1 Å². The number of nitrogens with one attached hydrogen (secondary N) is 1. The summed E-state index contributed by atoms with van der Waals surface area (Å²) < 4.78 is 0.781. The Balaban J connectivity index is 0.000000328. The van der Waals surface area contributed by atoms with E-state index < -0.39 is 11.8 Å². The van der Waals surface area contributed by atoms with Gasteiger partial charge in [0.1, 0.15) is 11.8 Å². The molecule has 16 heteroatoms. The van der Waals surface area contributed by atoms with Crippen molar-refractivity contribution in [1.29, 1.82) is 0 Å². The normalized spacial score (nSPS) is 24.7. The number of benzene rings is 2. The van der Waals surface area contributed by atoms with Crippen LogP contribution in [-0.2, 0) is 0 Å². The highest BCUT2D eigenvalue weighted by atomic mass is 79.9. The van der Waals surface area contributed by atoms with Gasteiger partial charge in [-0.05, 0) is 64.0 Å². The topological polar surface area (TPSA) is 142 Å². The summed E-state index contributed by atoms with van der Waals surface area (Å²) in [5.41, 5.74) is 1.47. The summed E-state index contributed by atoms with van der Waals surface area (Å²) >= 11 is 15.7. The number of aliphatic hydroxyl groups is 2. The standard InChI is InChI=1S/C30H32BrCl2N7O3.C9H12N2O/c31-22-17-34-29(35-18-22)38-19-26(41)30(20-38,39-13-9-36(10-14-39)27(42)21-5-7-23(32)8-6-21)40-15-11-37(12-16-40)28(43)24-3-1-2-4-25(24)33;12-9-6-11-5-8(9)7-2-1-3-10-4-7/h1-8,17-18,26,41H,9-16,19-20H2;1-4,8-9,11-12H,5-6H2. The van der Waals surface area contributed by atoms with Gasteiger partial charge < -0.3 is 30.2 Å². The highest BCUT2D eigenvalue weighted by Gasteiger charge is 2.55. The molecule has 0 spiro atoms. The van der Waals surface area contributed by atoms with Gasteiger partial charge in [-0.1, -0.05) is 41.4 Å². The van der Waals surface area contributed by atoms with Crippen molar-refractivity contribution in [3.63, 3.8) is 0 Å². The van der Waals surface area contributed by atoms with Gasteiger partial charge >= 0.3 is 0 Å². The van der Waals surface area contributed by atoms with Crippen molar-refractivity contribution in [1.82, 2.24) is 39.9 Å². The van der Waals surface area contributed by atoms with E-state index in [0.717, 1.165) is 16.6 Å². The van der Waals surface area contributed by atoms with Crippen LogP contribution in [0.15, 0.2) is 89.9 Å². The molecular formula is C39H44BrCl2N9O4. The number of aliphatic hydroxyl groups excluding tert-OH is 2. The summed E-state index contributed by atoms with van der Waals surface area (Å²) in [5, 5.41) is 25.5. The third kappa shape index (κ3) is 8.66. The van der Waals surface area contributed by atoms with Crippen molar-refractivity contribution in [3.05, 3.63) is 117 Å². The second-order valence-corrected chi connectivity index (χ2v) is 15.9. The molecule has 2 amide bonds. The second kappa shape index (κ2) is 17.6. The number of amides is 2. The maximum atomic E-state index is 13.3. The molecular weight excluding hydrogens is 809 g/mol. The number of piperazine rings is 2. The van der Waals surface area contributed by atoms with Crippen molar-refractivity contribution in [2.24, 2.45) is 0 Å². The largest absolute Gasteiger partial charge is 0.391 e. The van der Waals surface area contributed by atoms with E-state index in [1.54, 1.807) is 55.0 Å². The first-order chi connectivity index (χ1) is 26.6. The average Bonchev–Trinajstić information content (AvgIpc) is 3.82. The number of nitrogens with zero attached hydrogens (tertiary/aromatic N) is 8. The van der Waals surface area contributed by atoms with Gasteiger partial charge in [0.25, 0.3) is 11.8 Å². The molecule has 2 aromatic carbocycles. The molecule has 4 unspecified atom stereocenters. The van der Waals surface area contributed by atoms with Crippen LogP contribution >= 0.6 is 39.1 Å². The predicted octanol–water partition coefficient (Wildman–Crippen LogP) is 3.47. The van der Waals surface area contributed by atoms with E-state index >= 15 is 0 Å². The van der Waals surface area contributed by atoms with Gasteiger partial charge in [0, 0.05) is 107 Å². The van der Waals surface area contributed by atoms with Crippen LogP contribution in [-0.4, -0.2) is 153 Å². The van der Waals surface area contributed by atoms with Crippen molar-refractivity contribution in [2.75, 3.05) is 83.4 Å². The van der Waals surface area contributed by atoms with Crippen LogP contribution in [0.1, 0.15) is 32.2 Å². The third-order valence-corrected chi connectivity index (χ3v) is 12.0. The van der Waals surface area contributed by atoms with Crippen LogP contribution in [0.2, 0.25) is 10.0 Å². The molecule has 55 heavy (non-hydrogen) atoms. The minimum Gasteiger partial charge on any atom is -0.391 e. The molecule has 4 aromatic rings. The van der Waals surface area contributed by atoms with Crippen LogP contribution < -0.4 is 10.2 Å². The number of halogens is 3. The monoisotopic (exact) mass is 851 g/mol. The fourth-order valence-corrected chi connectivity index (χ4v) is 8.57. The summed E-state index contributed by atoms with van der Waals surface area (Å²) in [5.74, 6) is 0.645. The molecule has 290 valence electrons. The summed E-state index contributed by atoms with van der Waals surface area (Å²) in [7, 11) is 0. The maximum Gasteiger partial charge on any atom is 0.255 e. The molecule has 4 aliphatic rings. The second-order valence-electron chi connectivity index (χ2n) is 14.1. The lowest BCUT2D eigenvalue weighted by atomic mass is 9.98. The predicted molar refractivity (Wildman–Crippen MR) is 214 cm³/mol. The van der Waals surface area contributed by atoms with Gasteiger partial charge in [0.05, 0.1) is 34.3 Å². The van der Waals surface area contributed by atoms with E-state index in [9.17, 15) is 19.8 Å². The summed E-state index contributed by atoms with van der Waals surface area (Å²) in [6, 6.07) is 18.0. The van der Waals surface area contributed by atoms with Gasteiger partial charge in [-0.2, -0.15) is 0 Å². The van der Waals surface area contributed by atoms with Crippen molar-refractivity contribution >= 4 is 56.9 Å². The van der Waals surface area contributed by atoms with Crippen molar-refractivity contribution in [3.8, 4) is 0 Å². The SMILES string of the molecule is O=C(c1ccc(Cl)cc1)N1CCN(C2(N3CCN(C(=O)c4ccccc4Cl)CC3)CN(c3ncc(Br)cn3)CC2O)CC1.OC1CNCC1c1cccnc1. The van der Waals surface area contributed by atoms with Crippen LogP contribution in [0.4, 0.5) is 5.95 Å². The smallest absolute Gasteiger partial charge is 0.255 e. The van der Waals surface area contributed by atoms with Gasteiger partial charge in [-0.3, -0.25) is 24.4 Å². The molecule has 4 aliphatic heterocycles. The lowest BCUT2D eigenvalue weighted by Crippen LogP contribution is -2.73. The van der Waals surface area contributed by atoms with E-state index in [-0.39, 0.29) is 23.8 Å². The number of hydrogen-bond acceptors (Lipinski definition) is 11. The van der Waals surface area contributed by atoms with E-state index in [1.165, 1.54) is 0 Å². The van der Waals surface area contributed by atoms with E-state index in [1.807, 2.05) is 45.2 Å². The first-order valence-electron chi connectivity index (χ1n) is 18.4. The molecule has 4 atom stereocenters. The highest BCUT2D eigenvalue weighted by Crippen LogP contribution is 2.36. The van der Waals surface area contributed by atoms with Crippen molar-refractivity contribution < 1.29 is 19.8 Å². The number of rotatable bonds is 6. The Morgan fingerprint density at radius 1 is 0.782 bits per heavy atom. The molecule has 8 rings (SSSR count). The van der Waals surface area contributed by atoms with Crippen LogP contribution in [0.5, 0.6) is 0 Å². The fraction of sp³-hybridized carbons (Fsp3) is 0.410. The Morgan fingerprint density at radius 2 is 1.42 bits per heavy atom. The number of pyridine rings is 1. The molecule has 13 nitrogen and oxygen atoms in total. The first kappa shape index (κ1) is 39.5. The number of anilines is 1. The zero-order valence-electron chi connectivity index (χ0n) is 30.2. The van der Waals surface area contributed by atoms with Crippen molar-refractivity contribution in [2.45, 2.75) is 23.8 Å². The van der Waals surface area contributed by atoms with E-state index in [4.69, 9.17) is 23.2 Å². The van der Waals surface area contributed by atoms with Gasteiger partial charge in [-0.25, -0.2) is 9.97 Å². The third-order valence-electron chi connectivity index (χ3n) is 11.0. The zero-order valence-corrected chi connectivity index (χ0v) is 33.3. The molecule has 0 bridgehead atoms. The molecule has 4 fully saturated rings. The summed E-state index contributed by atoms with van der Waals surface area (Å²) in [4.78, 5) is 49.8. The molecule has 3 N–H and O–H groups in total. The lowest BCUT2D eigenvalue weighted by molar-refractivity contribution is -0.128.